The summed E-state index contributed by atoms with van der Waals surface area (Å²) < 4.78 is 10.0. The molecule has 24 heavy (non-hydrogen) atoms. The van der Waals surface area contributed by atoms with Crippen LogP contribution >= 0.6 is 0 Å². The summed E-state index contributed by atoms with van der Waals surface area (Å²) in [5, 5.41) is 10.8. The summed E-state index contributed by atoms with van der Waals surface area (Å²) in [5.41, 5.74) is 1.00. The fraction of sp³-hybridized carbons (Fsp3) is 0.125. The molecule has 0 radical (unpaired) electrons. The van der Waals surface area contributed by atoms with Gasteiger partial charge in [-0.2, -0.15) is 0 Å². The Morgan fingerprint density at radius 1 is 1.25 bits per heavy atom. The number of non-ortho nitro benzene ring substituents is 1. The number of ether oxygens (including phenoxy) is 2. The van der Waals surface area contributed by atoms with E-state index in [-0.39, 0.29) is 23.8 Å². The maximum Gasteiger partial charge on any atom is 0.337 e. The second-order valence-corrected chi connectivity index (χ2v) is 4.97. The van der Waals surface area contributed by atoms with Crippen molar-refractivity contribution in [2.75, 3.05) is 18.6 Å². The Balaban J connectivity index is 2.07. The molecule has 0 saturated heterocycles. The fourth-order valence-electron chi connectivity index (χ4n) is 2.40. The van der Waals surface area contributed by atoms with E-state index >= 15 is 0 Å². The van der Waals surface area contributed by atoms with Gasteiger partial charge in [0.05, 0.1) is 23.3 Å². The number of hydrogen-bond donors (Lipinski definition) is 0. The van der Waals surface area contributed by atoms with Crippen LogP contribution in [-0.2, 0) is 9.53 Å². The van der Waals surface area contributed by atoms with Crippen molar-refractivity contribution in [3.05, 3.63) is 58.1 Å². The molecular weight excluding hydrogens is 316 g/mol. The van der Waals surface area contributed by atoms with Crippen LogP contribution in [0.1, 0.15) is 10.4 Å². The Hall–Kier alpha value is -3.42. The Labute approximate surface area is 136 Å². The number of amides is 1. The van der Waals surface area contributed by atoms with Crippen molar-refractivity contribution in [1.29, 1.82) is 0 Å². The van der Waals surface area contributed by atoms with Gasteiger partial charge in [-0.15, -0.1) is 0 Å². The monoisotopic (exact) mass is 328 g/mol. The van der Waals surface area contributed by atoms with Crippen LogP contribution < -0.4 is 9.64 Å². The van der Waals surface area contributed by atoms with Gasteiger partial charge >= 0.3 is 5.97 Å². The molecule has 0 atom stereocenters. The molecule has 2 aromatic carbocycles. The molecule has 122 valence electrons. The summed E-state index contributed by atoms with van der Waals surface area (Å²) in [4.78, 5) is 35.6. The molecule has 1 aliphatic rings. The quantitative estimate of drug-likeness (QED) is 0.487. The van der Waals surface area contributed by atoms with Crippen molar-refractivity contribution in [3.63, 3.8) is 0 Å². The number of carbonyl (C=O) groups is 2. The van der Waals surface area contributed by atoms with Crippen LogP contribution in [0.5, 0.6) is 5.75 Å². The molecule has 0 saturated carbocycles. The van der Waals surface area contributed by atoms with Gasteiger partial charge in [-0.25, -0.2) is 4.79 Å². The highest BCUT2D eigenvalue weighted by atomic mass is 16.6. The number of nitro benzene ring substituents is 1. The van der Waals surface area contributed by atoms with Gasteiger partial charge in [-0.1, -0.05) is 0 Å². The Morgan fingerprint density at radius 3 is 2.58 bits per heavy atom. The molecule has 1 heterocycles. The summed E-state index contributed by atoms with van der Waals surface area (Å²) >= 11 is 0. The lowest BCUT2D eigenvalue weighted by molar-refractivity contribution is -0.384. The number of nitrogens with zero attached hydrogens (tertiary/aromatic N) is 2. The minimum Gasteiger partial charge on any atom is -0.482 e. The molecule has 0 bridgehead atoms. The lowest BCUT2D eigenvalue weighted by Gasteiger charge is -2.29. The summed E-state index contributed by atoms with van der Waals surface area (Å²) in [5.74, 6) is -0.460. The summed E-state index contributed by atoms with van der Waals surface area (Å²) in [6, 6.07) is 10.1. The van der Waals surface area contributed by atoms with Crippen molar-refractivity contribution in [3.8, 4) is 5.75 Å². The fourth-order valence-corrected chi connectivity index (χ4v) is 2.40. The predicted molar refractivity (Wildman–Crippen MR) is 83.5 cm³/mol. The number of benzene rings is 2. The van der Waals surface area contributed by atoms with Crippen LogP contribution in [0.25, 0.3) is 0 Å². The van der Waals surface area contributed by atoms with Crippen molar-refractivity contribution in [1.82, 2.24) is 0 Å². The zero-order chi connectivity index (χ0) is 17.3. The lowest BCUT2D eigenvalue weighted by Crippen LogP contribution is -2.35. The number of fused-ring (bicyclic) bond motifs is 1. The largest absolute Gasteiger partial charge is 0.482 e. The molecule has 0 aliphatic carbocycles. The summed E-state index contributed by atoms with van der Waals surface area (Å²) in [7, 11) is 1.26. The number of anilines is 2. The minimum absolute atomic E-state index is 0.0806. The predicted octanol–water partition coefficient (Wildman–Crippen LogP) is 2.44. The van der Waals surface area contributed by atoms with Gasteiger partial charge in [0, 0.05) is 17.8 Å². The van der Waals surface area contributed by atoms with Crippen LogP contribution in [0, 0.1) is 10.1 Å². The standard InChI is InChI=1S/C16H12N2O6/c1-23-16(20)10-2-7-14-13(8-10)17(15(19)9-24-14)11-3-5-12(6-4-11)18(21)22/h2-8H,9H2,1H3. The van der Waals surface area contributed by atoms with E-state index in [1.807, 2.05) is 0 Å². The molecule has 0 unspecified atom stereocenters. The second-order valence-electron chi connectivity index (χ2n) is 4.97. The number of nitro groups is 1. The highest BCUT2D eigenvalue weighted by Crippen LogP contribution is 2.38. The van der Waals surface area contributed by atoms with E-state index in [9.17, 15) is 19.7 Å². The smallest absolute Gasteiger partial charge is 0.337 e. The number of rotatable bonds is 3. The minimum atomic E-state index is -0.542. The number of carbonyl (C=O) groups excluding carboxylic acids is 2. The van der Waals surface area contributed by atoms with E-state index in [2.05, 4.69) is 4.74 Å². The van der Waals surface area contributed by atoms with Crippen LogP contribution in [0.3, 0.4) is 0 Å². The molecular formula is C16H12N2O6. The zero-order valence-electron chi connectivity index (χ0n) is 12.6. The molecule has 3 rings (SSSR count). The van der Waals surface area contributed by atoms with Crippen molar-refractivity contribution < 1.29 is 24.0 Å². The highest BCUT2D eigenvalue weighted by molar-refractivity contribution is 6.05. The van der Waals surface area contributed by atoms with Gasteiger partial charge in [-0.3, -0.25) is 19.8 Å². The van der Waals surface area contributed by atoms with Gasteiger partial charge in [0.1, 0.15) is 5.75 Å². The molecule has 0 N–H and O–H groups in total. The van der Waals surface area contributed by atoms with Crippen molar-refractivity contribution in [2.24, 2.45) is 0 Å². The van der Waals surface area contributed by atoms with Gasteiger partial charge in [-0.05, 0) is 30.3 Å². The molecule has 2 aromatic rings. The first kappa shape index (κ1) is 15.5. The van der Waals surface area contributed by atoms with E-state index in [4.69, 9.17) is 4.74 Å². The van der Waals surface area contributed by atoms with Gasteiger partial charge in [0.2, 0.25) is 0 Å². The first-order chi connectivity index (χ1) is 11.5. The van der Waals surface area contributed by atoms with E-state index in [0.717, 1.165) is 0 Å². The first-order valence-corrected chi connectivity index (χ1v) is 6.94. The average Bonchev–Trinajstić information content (AvgIpc) is 2.60. The first-order valence-electron chi connectivity index (χ1n) is 6.94. The molecule has 0 fully saturated rings. The maximum atomic E-state index is 12.3. The molecule has 1 amide bonds. The van der Waals surface area contributed by atoms with Gasteiger partial charge in [0.25, 0.3) is 11.6 Å². The van der Waals surface area contributed by atoms with Crippen LogP contribution in [0.4, 0.5) is 17.1 Å². The van der Waals surface area contributed by atoms with Crippen molar-refractivity contribution >= 4 is 28.9 Å². The maximum absolute atomic E-state index is 12.3. The Bertz CT molecular complexity index is 831. The molecule has 8 heteroatoms. The second kappa shape index (κ2) is 5.99. The Kier molecular flexibility index (Phi) is 3.87. The summed E-state index contributed by atoms with van der Waals surface area (Å²) in [6.45, 7) is -0.165. The molecule has 1 aliphatic heterocycles. The van der Waals surface area contributed by atoms with Gasteiger partial charge < -0.3 is 9.47 Å². The molecule has 8 nitrogen and oxygen atoms in total. The number of methoxy groups -OCH3 is 1. The van der Waals surface area contributed by atoms with Crippen LogP contribution in [0.15, 0.2) is 42.5 Å². The van der Waals surface area contributed by atoms with Crippen LogP contribution in [0.2, 0.25) is 0 Å². The topological polar surface area (TPSA) is 99.0 Å². The molecule has 0 aromatic heterocycles. The number of esters is 1. The third-order valence-electron chi connectivity index (χ3n) is 3.54. The third kappa shape index (κ3) is 2.65. The highest BCUT2D eigenvalue weighted by Gasteiger charge is 2.28. The average molecular weight is 328 g/mol. The third-order valence-corrected chi connectivity index (χ3v) is 3.54. The van der Waals surface area contributed by atoms with E-state index in [0.29, 0.717) is 17.1 Å². The van der Waals surface area contributed by atoms with Crippen molar-refractivity contribution in [2.45, 2.75) is 0 Å². The van der Waals surface area contributed by atoms with Crippen LogP contribution in [-0.4, -0.2) is 30.5 Å². The lowest BCUT2D eigenvalue weighted by atomic mass is 10.1. The van der Waals surface area contributed by atoms with E-state index in [1.165, 1.54) is 48.4 Å². The normalized spacial score (nSPS) is 13.0. The van der Waals surface area contributed by atoms with E-state index < -0.39 is 10.9 Å². The van der Waals surface area contributed by atoms with E-state index in [1.54, 1.807) is 6.07 Å². The molecule has 0 spiro atoms. The summed E-state index contributed by atoms with van der Waals surface area (Å²) in [6.07, 6.45) is 0. The number of hydrogen-bond acceptors (Lipinski definition) is 6. The Morgan fingerprint density at radius 2 is 1.96 bits per heavy atom. The zero-order valence-corrected chi connectivity index (χ0v) is 12.6. The van der Waals surface area contributed by atoms with Gasteiger partial charge in [0.15, 0.2) is 6.61 Å². The SMILES string of the molecule is COC(=O)c1ccc2c(c1)N(c1ccc([N+](=O)[O-])cc1)C(=O)CO2.